The van der Waals surface area contributed by atoms with E-state index in [-0.39, 0.29) is 0 Å². The number of hydrogen-bond acceptors (Lipinski definition) is 4. The van der Waals surface area contributed by atoms with Gasteiger partial charge in [0.15, 0.2) is 5.56 Å². The van der Waals surface area contributed by atoms with Gasteiger partial charge >= 0.3 is 0 Å². The van der Waals surface area contributed by atoms with E-state index in [1.807, 2.05) is 0 Å². The van der Waals surface area contributed by atoms with E-state index in [0.29, 0.717) is 0 Å². The Hall–Kier alpha value is -2.42. The molecule has 0 aliphatic rings. The molecule has 1 radical (unpaired) electrons. The molecule has 0 aromatic heterocycles. The van der Waals surface area contributed by atoms with Gasteiger partial charge in [-0.25, -0.2) is 0 Å². The molecule has 0 saturated heterocycles. The predicted molar refractivity (Wildman–Crippen MR) is 46.0 cm³/mol. The summed E-state index contributed by atoms with van der Waals surface area (Å²) in [4.78, 5) is 19.3. The average Bonchev–Trinajstić information content (AvgIpc) is 2.16. The maximum absolute atomic E-state index is 10.4. The molecule has 6 nitrogen and oxygen atoms in total. The second-order valence-corrected chi connectivity index (χ2v) is 2.31. The van der Waals surface area contributed by atoms with Gasteiger partial charge in [0.25, 0.3) is 11.4 Å². The van der Waals surface area contributed by atoms with Gasteiger partial charge in [0, 0.05) is 12.1 Å². The average molecular weight is 191 g/mol. The van der Waals surface area contributed by atoms with Crippen molar-refractivity contribution in [2.75, 3.05) is 0 Å². The van der Waals surface area contributed by atoms with Crippen LogP contribution in [0.5, 0.6) is 0 Å². The normalized spacial score (nSPS) is 9.07. The lowest BCUT2D eigenvalue weighted by Crippen LogP contribution is -1.97. The minimum atomic E-state index is -0.788. The maximum atomic E-state index is 10.4. The number of benzene rings is 1. The molecule has 0 saturated carbocycles. The molecule has 69 valence electrons. The molecule has 0 amide bonds. The molecule has 1 aromatic carbocycles. The molecule has 0 unspecified atom stereocenters. The van der Waals surface area contributed by atoms with Crippen LogP contribution in [0.15, 0.2) is 18.2 Å². The van der Waals surface area contributed by atoms with Crippen molar-refractivity contribution in [3.05, 3.63) is 50.4 Å². The molecule has 0 N–H and O–H groups in total. The topological polar surface area (TPSA) is 86.3 Å². The van der Waals surface area contributed by atoms with Crippen LogP contribution in [0.4, 0.5) is 11.4 Å². The van der Waals surface area contributed by atoms with Gasteiger partial charge in [0.05, 0.1) is 9.85 Å². The quantitative estimate of drug-likeness (QED) is 0.402. The largest absolute Gasteiger partial charge is 0.292 e. The van der Waals surface area contributed by atoms with Gasteiger partial charge in [-0.1, -0.05) is 0 Å². The van der Waals surface area contributed by atoms with E-state index in [9.17, 15) is 20.2 Å². The predicted octanol–water partition coefficient (Wildman–Crippen LogP) is 1.44. The molecule has 0 spiro atoms. The summed E-state index contributed by atoms with van der Waals surface area (Å²) < 4.78 is 0. The number of hydrogen-bond donors (Lipinski definition) is 0. The zero-order valence-electron chi connectivity index (χ0n) is 6.76. The SMILES string of the molecule is [C]#Cc1c([N+](=O)[O-])cccc1[N+](=O)[O-]. The Balaban J connectivity index is 3.50. The van der Waals surface area contributed by atoms with E-state index >= 15 is 0 Å². The molecule has 14 heavy (non-hydrogen) atoms. The van der Waals surface area contributed by atoms with Crippen LogP contribution < -0.4 is 0 Å². The van der Waals surface area contributed by atoms with Crippen molar-refractivity contribution in [1.29, 1.82) is 0 Å². The fourth-order valence-electron chi connectivity index (χ4n) is 0.961. The third-order valence-electron chi connectivity index (χ3n) is 1.54. The summed E-state index contributed by atoms with van der Waals surface area (Å²) in [5.74, 6) is 1.69. The first-order chi connectivity index (χ1) is 6.57. The molecular formula is C8H3N2O4. The lowest BCUT2D eigenvalue weighted by Gasteiger charge is -1.96. The van der Waals surface area contributed by atoms with Crippen LogP contribution >= 0.6 is 0 Å². The molecule has 0 bridgehead atoms. The Bertz CT molecular complexity index is 415. The second-order valence-electron chi connectivity index (χ2n) is 2.31. The Morgan fingerprint density at radius 3 is 1.86 bits per heavy atom. The Morgan fingerprint density at radius 2 is 1.57 bits per heavy atom. The fourth-order valence-corrected chi connectivity index (χ4v) is 0.961. The summed E-state index contributed by atoms with van der Waals surface area (Å²) >= 11 is 0. The van der Waals surface area contributed by atoms with Crippen molar-refractivity contribution in [3.8, 4) is 5.92 Å². The minimum Gasteiger partial charge on any atom is -0.258 e. The number of rotatable bonds is 2. The van der Waals surface area contributed by atoms with Gasteiger partial charge in [-0.05, 0) is 18.4 Å². The highest BCUT2D eigenvalue weighted by Gasteiger charge is 2.22. The van der Waals surface area contributed by atoms with Crippen LogP contribution in [-0.2, 0) is 0 Å². The number of nitrogens with zero attached hydrogens (tertiary/aromatic N) is 2. The molecule has 0 aliphatic heterocycles. The third kappa shape index (κ3) is 1.51. The van der Waals surface area contributed by atoms with Crippen LogP contribution in [-0.4, -0.2) is 9.85 Å². The Kier molecular flexibility index (Phi) is 2.44. The molecule has 0 atom stereocenters. The van der Waals surface area contributed by atoms with Crippen molar-refractivity contribution in [3.63, 3.8) is 0 Å². The van der Waals surface area contributed by atoms with Gasteiger partial charge < -0.3 is 0 Å². The lowest BCUT2D eigenvalue weighted by atomic mass is 10.1. The molecule has 1 rings (SSSR count). The van der Waals surface area contributed by atoms with Crippen molar-refractivity contribution in [2.24, 2.45) is 0 Å². The van der Waals surface area contributed by atoms with E-state index < -0.39 is 26.8 Å². The molecular weight excluding hydrogens is 188 g/mol. The summed E-state index contributed by atoms with van der Waals surface area (Å²) in [5, 5.41) is 20.8. The number of nitro groups is 2. The van der Waals surface area contributed by atoms with Crippen LogP contribution in [0, 0.1) is 32.6 Å². The van der Waals surface area contributed by atoms with E-state index in [1.54, 1.807) is 5.92 Å². The minimum absolute atomic E-state index is 0.414. The maximum Gasteiger partial charge on any atom is 0.292 e. The van der Waals surface area contributed by atoms with Crippen LogP contribution in [0.3, 0.4) is 0 Å². The smallest absolute Gasteiger partial charge is 0.258 e. The van der Waals surface area contributed by atoms with Crippen molar-refractivity contribution < 1.29 is 9.85 Å². The standard InChI is InChI=1S/C8H3N2O4/c1-2-6-7(9(11)12)4-3-5-8(6)10(13)14/h3-5H. The molecule has 0 aliphatic carbocycles. The monoisotopic (exact) mass is 191 g/mol. The summed E-state index contributed by atoms with van der Waals surface area (Å²) in [6.45, 7) is 0. The van der Waals surface area contributed by atoms with Crippen molar-refractivity contribution >= 4 is 11.4 Å². The van der Waals surface area contributed by atoms with Gasteiger partial charge in [0.1, 0.15) is 0 Å². The van der Waals surface area contributed by atoms with E-state index in [4.69, 9.17) is 6.42 Å². The third-order valence-corrected chi connectivity index (χ3v) is 1.54. The van der Waals surface area contributed by atoms with Gasteiger partial charge in [0.2, 0.25) is 0 Å². The number of nitro benzene ring substituents is 2. The second kappa shape index (κ2) is 3.53. The summed E-state index contributed by atoms with van der Waals surface area (Å²) in [5.41, 5.74) is -1.40. The van der Waals surface area contributed by atoms with E-state index in [2.05, 4.69) is 0 Å². The van der Waals surface area contributed by atoms with Gasteiger partial charge in [-0.3, -0.25) is 20.2 Å². The summed E-state index contributed by atoms with van der Waals surface area (Å²) in [7, 11) is 0. The zero-order chi connectivity index (χ0) is 10.7. The summed E-state index contributed by atoms with van der Waals surface area (Å²) in [6, 6.07) is 3.37. The van der Waals surface area contributed by atoms with Gasteiger partial charge in [-0.15, -0.1) is 0 Å². The van der Waals surface area contributed by atoms with E-state index in [1.165, 1.54) is 6.07 Å². The first-order valence-electron chi connectivity index (χ1n) is 3.42. The molecule has 6 heteroatoms. The van der Waals surface area contributed by atoms with E-state index in [0.717, 1.165) is 12.1 Å². The van der Waals surface area contributed by atoms with Crippen LogP contribution in [0.1, 0.15) is 5.56 Å². The lowest BCUT2D eigenvalue weighted by molar-refractivity contribution is -0.394. The zero-order valence-corrected chi connectivity index (χ0v) is 6.76. The highest BCUT2D eigenvalue weighted by Crippen LogP contribution is 2.26. The van der Waals surface area contributed by atoms with Gasteiger partial charge in [-0.2, -0.15) is 0 Å². The Labute approximate surface area is 78.5 Å². The highest BCUT2D eigenvalue weighted by molar-refractivity contribution is 5.61. The first kappa shape index (κ1) is 9.67. The molecule has 0 fully saturated rings. The van der Waals surface area contributed by atoms with Crippen molar-refractivity contribution in [2.45, 2.75) is 0 Å². The molecule has 1 aromatic rings. The summed E-state index contributed by atoms with van der Waals surface area (Å²) in [6.07, 6.45) is 6.75. The Morgan fingerprint density at radius 1 is 1.14 bits per heavy atom. The van der Waals surface area contributed by atoms with Crippen molar-refractivity contribution in [1.82, 2.24) is 0 Å². The molecule has 0 heterocycles. The first-order valence-corrected chi connectivity index (χ1v) is 3.42. The highest BCUT2D eigenvalue weighted by atomic mass is 16.6. The fraction of sp³-hybridized carbons (Fsp3) is 0. The van der Waals surface area contributed by atoms with Crippen LogP contribution in [0.25, 0.3) is 0 Å². The van der Waals surface area contributed by atoms with Crippen LogP contribution in [0.2, 0.25) is 0 Å².